The highest BCUT2D eigenvalue weighted by molar-refractivity contribution is 5.83. The molecule has 0 saturated carbocycles. The zero-order chi connectivity index (χ0) is 47.9. The summed E-state index contributed by atoms with van der Waals surface area (Å²) in [5, 5.41) is 5.34. The van der Waals surface area contributed by atoms with Gasteiger partial charge in [0.15, 0.2) is 6.29 Å². The standard InChI is InChI=1S/C51H65FN10O6/c1-50(2,3)67-48(65)53-29-45(64)61-25-11-13-43(61)47-55-36-18-15-32(27-38(36)57-47)40-21-20-39(62(40)33-16-19-41(34(52)28-33)59-22-8-7-9-23-59)31-14-17-35-37(26-31)56-46(54-35)42-12-10-24-60(42)44(30-63)58-49(66)68-51(4,5)6/h14-19,26-28,30,39-40,42-44H,7-13,20-25,29H2,1-6H3,(H,53,65)(H,54,56)(H,55,57)(H,58,66)/t39-,40-,42-,43-,44?/m0/s1. The summed E-state index contributed by atoms with van der Waals surface area (Å²) in [5.74, 6) is 0.989. The topological polar surface area (TPSA) is 181 Å². The summed E-state index contributed by atoms with van der Waals surface area (Å²) in [6.45, 7) is 13.4. The number of fused-ring (bicyclic) bond motifs is 2. The number of anilines is 2. The summed E-state index contributed by atoms with van der Waals surface area (Å²) < 4.78 is 27.1. The quantitative estimate of drug-likeness (QED) is 0.0929. The second kappa shape index (κ2) is 19.0. The summed E-state index contributed by atoms with van der Waals surface area (Å²) in [5.41, 5.74) is 5.47. The van der Waals surface area contributed by atoms with Gasteiger partial charge in [-0.2, -0.15) is 0 Å². The number of amides is 3. The van der Waals surface area contributed by atoms with Crippen molar-refractivity contribution >= 4 is 57.8 Å². The van der Waals surface area contributed by atoms with Gasteiger partial charge in [-0.15, -0.1) is 0 Å². The van der Waals surface area contributed by atoms with Crippen LogP contribution in [0.1, 0.15) is 146 Å². The van der Waals surface area contributed by atoms with Crippen LogP contribution in [0.3, 0.4) is 0 Å². The van der Waals surface area contributed by atoms with E-state index < -0.39 is 29.6 Å². The molecule has 5 atom stereocenters. The molecule has 362 valence electrons. The molecular weight excluding hydrogens is 868 g/mol. The third-order valence-corrected chi connectivity index (χ3v) is 13.6. The van der Waals surface area contributed by atoms with Gasteiger partial charge < -0.3 is 39.5 Å². The van der Waals surface area contributed by atoms with E-state index in [0.717, 1.165) is 122 Å². The SMILES string of the molecule is CC(C)(C)OC(=O)NCC(=O)N1CCC[C@H]1c1nc2ccc([C@@H]3CC[C@@H](c4ccc5nc([C@@H]6CCCN6C(C=O)NC(=O)OC(C)(C)C)[nH]c5c4)N3c3ccc(N4CCCCC4)c(F)c3)cc2[nH]1. The number of aromatic amines is 2. The minimum Gasteiger partial charge on any atom is -0.444 e. The van der Waals surface area contributed by atoms with Crippen molar-refractivity contribution in [2.24, 2.45) is 0 Å². The predicted octanol–water partition coefficient (Wildman–Crippen LogP) is 9.03. The first-order valence-electron chi connectivity index (χ1n) is 24.3. The maximum absolute atomic E-state index is 16.4. The number of aldehydes is 1. The van der Waals surface area contributed by atoms with Gasteiger partial charge >= 0.3 is 12.2 Å². The molecule has 16 nitrogen and oxygen atoms in total. The number of ether oxygens (including phenoxy) is 2. The molecule has 3 aromatic carbocycles. The number of imidazole rings is 2. The fourth-order valence-corrected chi connectivity index (χ4v) is 10.6. The van der Waals surface area contributed by atoms with Crippen LogP contribution in [0.25, 0.3) is 22.1 Å². The van der Waals surface area contributed by atoms with E-state index >= 15 is 4.39 Å². The number of halogens is 1. The normalized spacial score (nSPS) is 22.0. The first-order valence-corrected chi connectivity index (χ1v) is 24.3. The Bertz CT molecular complexity index is 2660. The summed E-state index contributed by atoms with van der Waals surface area (Å²) in [7, 11) is 0. The molecule has 0 bridgehead atoms. The van der Waals surface area contributed by atoms with Gasteiger partial charge in [0.25, 0.3) is 0 Å². The Hall–Kier alpha value is -6.23. The number of alkyl carbamates (subject to hydrolysis) is 2. The number of benzene rings is 3. The molecule has 4 N–H and O–H groups in total. The van der Waals surface area contributed by atoms with Crippen LogP contribution in [0.5, 0.6) is 0 Å². The fraction of sp³-hybridized carbons (Fsp3) is 0.529. The average molecular weight is 933 g/mol. The van der Waals surface area contributed by atoms with E-state index in [4.69, 9.17) is 19.4 Å². The molecule has 5 aromatic rings. The molecule has 4 fully saturated rings. The van der Waals surface area contributed by atoms with Crippen molar-refractivity contribution in [1.82, 2.24) is 40.4 Å². The van der Waals surface area contributed by atoms with Crippen molar-refractivity contribution in [2.75, 3.05) is 42.5 Å². The lowest BCUT2D eigenvalue weighted by atomic mass is 10.0. The summed E-state index contributed by atoms with van der Waals surface area (Å²) in [6, 6.07) is 17.5. The van der Waals surface area contributed by atoms with E-state index in [1.165, 1.54) is 0 Å². The number of carbonyl (C=O) groups is 4. The van der Waals surface area contributed by atoms with E-state index in [9.17, 15) is 19.2 Å². The molecule has 0 aliphatic carbocycles. The lowest BCUT2D eigenvalue weighted by Gasteiger charge is -2.34. The highest BCUT2D eigenvalue weighted by Gasteiger charge is 2.39. The van der Waals surface area contributed by atoms with Gasteiger partial charge in [0, 0.05) is 31.9 Å². The highest BCUT2D eigenvalue weighted by atomic mass is 19.1. The van der Waals surface area contributed by atoms with Gasteiger partial charge in [0.05, 0.1) is 51.9 Å². The lowest BCUT2D eigenvalue weighted by Crippen LogP contribution is -2.50. The highest BCUT2D eigenvalue weighted by Crippen LogP contribution is 2.48. The van der Waals surface area contributed by atoms with E-state index in [1.807, 2.05) is 23.1 Å². The van der Waals surface area contributed by atoms with E-state index in [2.05, 4.69) is 60.7 Å². The minimum atomic E-state index is -0.874. The van der Waals surface area contributed by atoms with Gasteiger partial charge in [-0.05, 0) is 153 Å². The number of hydrogen-bond acceptors (Lipinski definition) is 11. The number of nitrogens with one attached hydrogen (secondary N) is 4. The Morgan fingerprint density at radius 3 is 1.91 bits per heavy atom. The molecule has 17 heteroatoms. The third-order valence-electron chi connectivity index (χ3n) is 13.6. The molecule has 4 saturated heterocycles. The monoisotopic (exact) mass is 933 g/mol. The molecule has 0 radical (unpaired) electrons. The number of aromatic nitrogens is 4. The first-order chi connectivity index (χ1) is 32.5. The smallest absolute Gasteiger partial charge is 0.409 e. The van der Waals surface area contributed by atoms with Gasteiger partial charge in [0.2, 0.25) is 5.91 Å². The molecular formula is C51H65FN10O6. The Morgan fingerprint density at radius 2 is 1.31 bits per heavy atom. The summed E-state index contributed by atoms with van der Waals surface area (Å²) in [6.07, 6.45) is 6.60. The lowest BCUT2D eigenvalue weighted by molar-refractivity contribution is -0.131. The molecule has 3 amide bonds. The van der Waals surface area contributed by atoms with Crippen LogP contribution in [0.2, 0.25) is 0 Å². The first kappa shape index (κ1) is 46.9. The van der Waals surface area contributed by atoms with Crippen molar-refractivity contribution in [1.29, 1.82) is 0 Å². The van der Waals surface area contributed by atoms with Gasteiger partial charge in [-0.25, -0.2) is 23.9 Å². The maximum atomic E-state index is 16.4. The van der Waals surface area contributed by atoms with E-state index in [1.54, 1.807) is 52.5 Å². The van der Waals surface area contributed by atoms with Crippen LogP contribution >= 0.6 is 0 Å². The zero-order valence-electron chi connectivity index (χ0n) is 40.1. The molecule has 4 aliphatic rings. The summed E-state index contributed by atoms with van der Waals surface area (Å²) in [4.78, 5) is 76.1. The van der Waals surface area contributed by atoms with Crippen molar-refractivity contribution < 1.29 is 33.0 Å². The second-order valence-electron chi connectivity index (χ2n) is 20.7. The Kier molecular flexibility index (Phi) is 13.1. The molecule has 4 aliphatic heterocycles. The van der Waals surface area contributed by atoms with Crippen LogP contribution in [0, 0.1) is 5.82 Å². The number of nitrogens with zero attached hydrogens (tertiary/aromatic N) is 6. The minimum absolute atomic E-state index is 0.0994. The van der Waals surface area contributed by atoms with Crippen molar-refractivity contribution in [2.45, 2.75) is 141 Å². The fourth-order valence-electron chi connectivity index (χ4n) is 10.6. The molecule has 0 spiro atoms. The van der Waals surface area contributed by atoms with E-state index in [0.29, 0.717) is 24.6 Å². The summed E-state index contributed by atoms with van der Waals surface area (Å²) >= 11 is 0. The maximum Gasteiger partial charge on any atom is 0.409 e. The van der Waals surface area contributed by atoms with Gasteiger partial charge in [-0.1, -0.05) is 12.1 Å². The van der Waals surface area contributed by atoms with Crippen LogP contribution < -0.4 is 20.4 Å². The van der Waals surface area contributed by atoms with Crippen LogP contribution in [0.15, 0.2) is 54.6 Å². The Balaban J connectivity index is 0.990. The molecule has 2 aromatic heterocycles. The average Bonchev–Trinajstić information content (AvgIpc) is 4.15. The van der Waals surface area contributed by atoms with Gasteiger partial charge in [-0.3, -0.25) is 19.8 Å². The van der Waals surface area contributed by atoms with Crippen molar-refractivity contribution in [3.63, 3.8) is 0 Å². The van der Waals surface area contributed by atoms with Crippen molar-refractivity contribution in [3.8, 4) is 0 Å². The van der Waals surface area contributed by atoms with Crippen molar-refractivity contribution in [3.05, 3.63) is 83.2 Å². The van der Waals surface area contributed by atoms with Crippen LogP contribution in [0.4, 0.5) is 25.4 Å². The third kappa shape index (κ3) is 10.1. The number of rotatable bonds is 11. The number of likely N-dealkylation sites (tertiary alicyclic amines) is 2. The molecule has 9 rings (SSSR count). The van der Waals surface area contributed by atoms with Crippen LogP contribution in [-0.2, 0) is 19.1 Å². The molecule has 6 heterocycles. The number of piperidine rings is 1. The van der Waals surface area contributed by atoms with Gasteiger partial charge in [0.1, 0.15) is 41.4 Å². The van der Waals surface area contributed by atoms with Crippen LogP contribution in [-0.4, -0.2) is 104 Å². The number of carbonyl (C=O) groups excluding carboxylic acids is 4. The Morgan fingerprint density at radius 1 is 0.721 bits per heavy atom. The second-order valence-corrected chi connectivity index (χ2v) is 20.7. The zero-order valence-corrected chi connectivity index (χ0v) is 40.1. The molecule has 68 heavy (non-hydrogen) atoms. The largest absolute Gasteiger partial charge is 0.444 e. The number of hydrogen-bond donors (Lipinski definition) is 4. The predicted molar refractivity (Wildman–Crippen MR) is 258 cm³/mol. The molecule has 1 unspecified atom stereocenters. The Labute approximate surface area is 396 Å². The number of H-pyrrole nitrogens is 2. The van der Waals surface area contributed by atoms with E-state index in [-0.39, 0.29) is 42.4 Å².